The molecule has 1 amide bonds. The van der Waals surface area contributed by atoms with E-state index in [1.54, 1.807) is 17.0 Å². The molecule has 0 bridgehead atoms. The SMILES string of the molecule is CCOc1cc(C2C(C(=O)C=Cc3ccccc3)=C(O)C(=O)N2CCCN2CCOCC2)ccc1OCc1ccccc1. The van der Waals surface area contributed by atoms with Crippen LogP contribution in [0.1, 0.15) is 36.1 Å². The van der Waals surface area contributed by atoms with Gasteiger partial charge in [0.15, 0.2) is 23.0 Å². The van der Waals surface area contributed by atoms with Crippen LogP contribution in [0, 0.1) is 0 Å². The first-order chi connectivity index (χ1) is 21.0. The molecule has 8 heteroatoms. The van der Waals surface area contributed by atoms with Gasteiger partial charge < -0.3 is 24.2 Å². The Kier molecular flexibility index (Phi) is 10.3. The molecule has 43 heavy (non-hydrogen) atoms. The summed E-state index contributed by atoms with van der Waals surface area (Å²) in [5, 5.41) is 11.1. The third kappa shape index (κ3) is 7.52. The Morgan fingerprint density at radius 1 is 0.953 bits per heavy atom. The van der Waals surface area contributed by atoms with Crippen LogP contribution in [0.25, 0.3) is 6.08 Å². The fourth-order valence-electron chi connectivity index (χ4n) is 5.42. The highest BCUT2D eigenvalue weighted by Crippen LogP contribution is 2.41. The van der Waals surface area contributed by atoms with E-state index < -0.39 is 23.5 Å². The van der Waals surface area contributed by atoms with Crippen LogP contribution in [0.3, 0.4) is 0 Å². The van der Waals surface area contributed by atoms with E-state index in [0.717, 1.165) is 30.8 Å². The molecule has 2 aliphatic rings. The van der Waals surface area contributed by atoms with Crippen LogP contribution in [0.4, 0.5) is 0 Å². The molecule has 2 heterocycles. The van der Waals surface area contributed by atoms with Crippen LogP contribution in [-0.4, -0.2) is 72.6 Å². The number of carbonyl (C=O) groups is 2. The second-order valence-corrected chi connectivity index (χ2v) is 10.5. The predicted octanol–water partition coefficient (Wildman–Crippen LogP) is 5.36. The van der Waals surface area contributed by atoms with E-state index in [9.17, 15) is 14.7 Å². The van der Waals surface area contributed by atoms with Crippen LogP contribution in [0.2, 0.25) is 0 Å². The van der Waals surface area contributed by atoms with Crippen molar-refractivity contribution in [3.05, 3.63) is 113 Å². The predicted molar refractivity (Wildman–Crippen MR) is 165 cm³/mol. The molecule has 5 rings (SSSR count). The summed E-state index contributed by atoms with van der Waals surface area (Å²) in [6.45, 7) is 6.90. The summed E-state index contributed by atoms with van der Waals surface area (Å²) in [6, 6.07) is 24.0. The number of carbonyl (C=O) groups excluding carboxylic acids is 2. The zero-order valence-corrected chi connectivity index (χ0v) is 24.5. The molecule has 1 N–H and O–H groups in total. The van der Waals surface area contributed by atoms with Crippen molar-refractivity contribution in [3.63, 3.8) is 0 Å². The van der Waals surface area contributed by atoms with Crippen LogP contribution < -0.4 is 9.47 Å². The standard InChI is InChI=1S/C35H38N2O6/c1-2-42-31-24-28(15-17-30(31)43-25-27-12-7-4-8-13-27)33-32(29(38)16-14-26-10-5-3-6-11-26)34(39)35(40)37(33)19-9-18-36-20-22-41-23-21-36/h3-8,10-17,24,33,39H,2,9,18-23,25H2,1H3. The van der Waals surface area contributed by atoms with E-state index >= 15 is 0 Å². The highest BCUT2D eigenvalue weighted by atomic mass is 16.5. The minimum Gasteiger partial charge on any atom is -0.503 e. The number of allylic oxidation sites excluding steroid dienone is 1. The van der Waals surface area contributed by atoms with Gasteiger partial charge >= 0.3 is 0 Å². The first-order valence-electron chi connectivity index (χ1n) is 14.8. The molecule has 0 aromatic heterocycles. The number of ether oxygens (including phenoxy) is 3. The highest BCUT2D eigenvalue weighted by molar-refractivity contribution is 6.14. The largest absolute Gasteiger partial charge is 0.503 e. The molecule has 1 saturated heterocycles. The van der Waals surface area contributed by atoms with Gasteiger partial charge in [-0.2, -0.15) is 0 Å². The minimum absolute atomic E-state index is 0.0592. The van der Waals surface area contributed by atoms with Crippen molar-refractivity contribution in [1.29, 1.82) is 0 Å². The van der Waals surface area contributed by atoms with E-state index in [0.29, 0.717) is 56.5 Å². The van der Waals surface area contributed by atoms with Crippen LogP contribution in [0.15, 0.2) is 96.3 Å². The number of aliphatic hydroxyl groups excluding tert-OH is 1. The van der Waals surface area contributed by atoms with Crippen molar-refractivity contribution in [2.24, 2.45) is 0 Å². The fourth-order valence-corrected chi connectivity index (χ4v) is 5.42. The Hall–Kier alpha value is -4.40. The van der Waals surface area contributed by atoms with Gasteiger partial charge in [-0.05, 0) is 48.2 Å². The van der Waals surface area contributed by atoms with E-state index in [1.807, 2.05) is 79.7 Å². The number of hydrogen-bond acceptors (Lipinski definition) is 7. The van der Waals surface area contributed by atoms with E-state index in [1.165, 1.54) is 6.08 Å². The Labute approximate surface area is 252 Å². The molecule has 224 valence electrons. The van der Waals surface area contributed by atoms with E-state index in [4.69, 9.17) is 14.2 Å². The molecule has 0 radical (unpaired) electrons. The molecule has 3 aromatic rings. The zero-order chi connectivity index (χ0) is 30.0. The summed E-state index contributed by atoms with van der Waals surface area (Å²) in [7, 11) is 0. The summed E-state index contributed by atoms with van der Waals surface area (Å²) in [4.78, 5) is 30.9. The van der Waals surface area contributed by atoms with Crippen molar-refractivity contribution >= 4 is 17.8 Å². The number of aliphatic hydroxyl groups is 1. The Morgan fingerprint density at radius 2 is 1.67 bits per heavy atom. The maximum absolute atomic E-state index is 13.6. The molecule has 0 aliphatic carbocycles. The highest BCUT2D eigenvalue weighted by Gasteiger charge is 2.43. The monoisotopic (exact) mass is 582 g/mol. The molecular formula is C35H38N2O6. The second-order valence-electron chi connectivity index (χ2n) is 10.5. The molecule has 1 fully saturated rings. The third-order valence-corrected chi connectivity index (χ3v) is 7.59. The lowest BCUT2D eigenvalue weighted by Crippen LogP contribution is -2.39. The van der Waals surface area contributed by atoms with Gasteiger partial charge in [-0.1, -0.05) is 72.8 Å². The number of ketones is 1. The van der Waals surface area contributed by atoms with Crippen LogP contribution >= 0.6 is 0 Å². The number of amides is 1. The normalized spacial score (nSPS) is 17.6. The number of morpholine rings is 1. The second kappa shape index (κ2) is 14.7. The van der Waals surface area contributed by atoms with Crippen molar-refractivity contribution in [2.75, 3.05) is 46.0 Å². The Balaban J connectivity index is 1.43. The molecule has 1 unspecified atom stereocenters. The molecule has 1 atom stereocenters. The van der Waals surface area contributed by atoms with Crippen molar-refractivity contribution < 1.29 is 28.9 Å². The van der Waals surface area contributed by atoms with E-state index in [-0.39, 0.29) is 5.57 Å². The number of hydrogen-bond donors (Lipinski definition) is 1. The van der Waals surface area contributed by atoms with Gasteiger partial charge in [-0.25, -0.2) is 0 Å². The van der Waals surface area contributed by atoms with Gasteiger partial charge in [-0.3, -0.25) is 14.5 Å². The van der Waals surface area contributed by atoms with Gasteiger partial charge in [0, 0.05) is 26.2 Å². The number of nitrogens with zero attached hydrogens (tertiary/aromatic N) is 2. The first kappa shape index (κ1) is 30.1. The van der Waals surface area contributed by atoms with Gasteiger partial charge in [-0.15, -0.1) is 0 Å². The number of benzene rings is 3. The summed E-state index contributed by atoms with van der Waals surface area (Å²) in [5.41, 5.74) is 2.59. The van der Waals surface area contributed by atoms with Crippen molar-refractivity contribution in [1.82, 2.24) is 9.80 Å². The average Bonchev–Trinajstić information content (AvgIpc) is 3.30. The minimum atomic E-state index is -0.771. The summed E-state index contributed by atoms with van der Waals surface area (Å²) < 4.78 is 17.5. The maximum atomic E-state index is 13.6. The first-order valence-corrected chi connectivity index (χ1v) is 14.8. The summed E-state index contributed by atoms with van der Waals surface area (Å²) in [5.74, 6) is -0.414. The van der Waals surface area contributed by atoms with E-state index in [2.05, 4.69) is 4.90 Å². The van der Waals surface area contributed by atoms with Gasteiger partial charge in [0.1, 0.15) is 6.61 Å². The molecule has 0 spiro atoms. The Bertz CT molecular complexity index is 1450. The van der Waals surface area contributed by atoms with Gasteiger partial charge in [0.25, 0.3) is 5.91 Å². The summed E-state index contributed by atoms with van der Waals surface area (Å²) in [6.07, 6.45) is 3.80. The molecule has 2 aliphatic heterocycles. The van der Waals surface area contributed by atoms with Crippen molar-refractivity contribution in [3.8, 4) is 11.5 Å². The topological polar surface area (TPSA) is 88.5 Å². The van der Waals surface area contributed by atoms with Gasteiger partial charge in [0.05, 0.1) is 31.4 Å². The summed E-state index contributed by atoms with van der Waals surface area (Å²) >= 11 is 0. The smallest absolute Gasteiger partial charge is 0.290 e. The quantitative estimate of drug-likeness (QED) is 0.271. The Morgan fingerprint density at radius 3 is 2.40 bits per heavy atom. The third-order valence-electron chi connectivity index (χ3n) is 7.59. The van der Waals surface area contributed by atoms with Gasteiger partial charge in [0.2, 0.25) is 0 Å². The average molecular weight is 583 g/mol. The lowest BCUT2D eigenvalue weighted by Gasteiger charge is -2.30. The molecule has 3 aromatic carbocycles. The zero-order valence-electron chi connectivity index (χ0n) is 24.5. The lowest BCUT2D eigenvalue weighted by atomic mass is 9.95. The number of rotatable bonds is 13. The molecule has 8 nitrogen and oxygen atoms in total. The van der Waals surface area contributed by atoms with Crippen LogP contribution in [0.5, 0.6) is 11.5 Å². The lowest BCUT2D eigenvalue weighted by molar-refractivity contribution is -0.129. The molecule has 0 saturated carbocycles. The fraction of sp³-hybridized carbons (Fsp3) is 0.314. The van der Waals surface area contributed by atoms with Crippen molar-refractivity contribution in [2.45, 2.75) is 26.0 Å². The van der Waals surface area contributed by atoms with Crippen LogP contribution in [-0.2, 0) is 20.9 Å². The maximum Gasteiger partial charge on any atom is 0.290 e. The molecular weight excluding hydrogens is 544 g/mol.